The third-order valence-electron chi connectivity index (χ3n) is 10.6. The Labute approximate surface area is 279 Å². The third kappa shape index (κ3) is 4.05. The van der Waals surface area contributed by atoms with Crippen molar-refractivity contribution in [1.82, 2.24) is 25.2 Å². The number of fused-ring (bicyclic) bond motifs is 3. The Balaban J connectivity index is 1.26. The second-order valence-electron chi connectivity index (χ2n) is 13.0. The Morgan fingerprint density at radius 1 is 1.15 bits per heavy atom. The number of aromatic nitrogens is 3. The van der Waals surface area contributed by atoms with E-state index in [2.05, 4.69) is 53.6 Å². The number of ether oxygens (including phenoxy) is 2. The highest BCUT2D eigenvalue weighted by Gasteiger charge is 2.70. The van der Waals surface area contributed by atoms with Gasteiger partial charge < -0.3 is 24.8 Å². The summed E-state index contributed by atoms with van der Waals surface area (Å²) in [7, 11) is 0. The Hall–Kier alpha value is -3.68. The molecule has 47 heavy (non-hydrogen) atoms. The molecule has 14 heteroatoms. The van der Waals surface area contributed by atoms with Gasteiger partial charge in [-0.05, 0) is 43.0 Å². The number of phenols is 1. The van der Waals surface area contributed by atoms with Crippen LogP contribution in [0.5, 0.6) is 17.6 Å². The molecule has 242 valence electrons. The fraction of sp³-hybridized carbons (Fsp3) is 0.424. The molecule has 0 amide bonds. The van der Waals surface area contributed by atoms with E-state index < -0.39 is 40.3 Å². The maximum atomic E-state index is 17.0. The standard InChI is InChI=1S/C33H27F4IN6O3/c1-2-18-21-15(9-20(35)23(18)36)8-17(45)10-19(21)25-24(37)26-22-29(44-7-5-39-28-27(38)33(28,44)14-46-30(22)40-25)42-31(41-26)47-13-32-4-3-6-43(32)12-16(34)11-32/h1,8-10,16,27-28,39,45H,3-7,11-14H2/t16-,27?,28+,32+,33-/m1/s1. The zero-order chi connectivity index (χ0) is 32.4. The molecule has 1 spiro atoms. The van der Waals surface area contributed by atoms with Crippen LogP contribution in [0, 0.1) is 29.8 Å². The lowest BCUT2D eigenvalue weighted by atomic mass is 9.95. The van der Waals surface area contributed by atoms with Gasteiger partial charge in [-0.3, -0.25) is 4.90 Å². The van der Waals surface area contributed by atoms with Crippen LogP contribution >= 0.6 is 22.6 Å². The smallest absolute Gasteiger partial charge is 0.319 e. The van der Waals surface area contributed by atoms with Crippen molar-refractivity contribution < 1.29 is 32.1 Å². The van der Waals surface area contributed by atoms with Crippen LogP contribution < -0.4 is 19.7 Å². The first-order valence-electron chi connectivity index (χ1n) is 15.5. The van der Waals surface area contributed by atoms with Crippen molar-refractivity contribution in [3.05, 3.63) is 41.2 Å². The van der Waals surface area contributed by atoms with E-state index in [0.717, 1.165) is 25.5 Å². The molecular formula is C33H27F4IN6O3. The number of hydrogen-bond acceptors (Lipinski definition) is 9. The number of alkyl halides is 2. The van der Waals surface area contributed by atoms with Gasteiger partial charge >= 0.3 is 6.01 Å². The molecule has 9 nitrogen and oxygen atoms in total. The SMILES string of the molecule is C#Cc1c(F)c(F)cc2cc(O)cc(-c3nc4c5c(nc(OC[C@@]67CCCN6C[C@H](F)C7)nc5c3F)N3CCN[C@H]5C(I)[C@]53CO4)c12. The number of aromatic hydroxyl groups is 1. The fourth-order valence-corrected chi connectivity index (χ4v) is 9.91. The van der Waals surface area contributed by atoms with E-state index in [9.17, 15) is 18.3 Å². The molecular weight excluding hydrogens is 731 g/mol. The Morgan fingerprint density at radius 3 is 2.83 bits per heavy atom. The molecule has 4 fully saturated rings. The summed E-state index contributed by atoms with van der Waals surface area (Å²) in [6.45, 7) is 2.70. The molecule has 9 rings (SSSR count). The number of phenolic OH excluding ortho intramolecular Hbond substituents is 1. The van der Waals surface area contributed by atoms with Gasteiger partial charge in [0.25, 0.3) is 0 Å². The Bertz CT molecular complexity index is 2080. The summed E-state index contributed by atoms with van der Waals surface area (Å²) in [5.74, 6) is -1.08. The average Bonchev–Trinajstić information content (AvgIpc) is 3.31. The molecule has 0 bridgehead atoms. The fourth-order valence-electron chi connectivity index (χ4n) is 8.34. The van der Waals surface area contributed by atoms with Crippen molar-refractivity contribution in [3.8, 4) is 41.2 Å². The van der Waals surface area contributed by atoms with E-state index in [1.54, 1.807) is 0 Å². The van der Waals surface area contributed by atoms with Crippen LogP contribution in [0.25, 0.3) is 32.9 Å². The van der Waals surface area contributed by atoms with Crippen LogP contribution in [0.4, 0.5) is 23.4 Å². The summed E-state index contributed by atoms with van der Waals surface area (Å²) in [5, 5.41) is 14.4. The molecule has 1 saturated carbocycles. The number of halogens is 5. The van der Waals surface area contributed by atoms with Crippen LogP contribution in [0.15, 0.2) is 18.2 Å². The predicted octanol–water partition coefficient (Wildman–Crippen LogP) is 4.63. The Morgan fingerprint density at radius 2 is 2.00 bits per heavy atom. The summed E-state index contributed by atoms with van der Waals surface area (Å²) in [6.07, 6.45) is 6.70. The molecule has 5 atom stereocenters. The van der Waals surface area contributed by atoms with Crippen molar-refractivity contribution in [3.63, 3.8) is 0 Å². The lowest BCUT2D eigenvalue weighted by Gasteiger charge is -2.36. The van der Waals surface area contributed by atoms with Gasteiger partial charge in [0.1, 0.15) is 53.1 Å². The molecule has 2 aromatic heterocycles. The highest BCUT2D eigenvalue weighted by atomic mass is 127. The zero-order valence-electron chi connectivity index (χ0n) is 24.8. The van der Waals surface area contributed by atoms with E-state index in [4.69, 9.17) is 20.9 Å². The van der Waals surface area contributed by atoms with Crippen molar-refractivity contribution in [2.75, 3.05) is 44.3 Å². The van der Waals surface area contributed by atoms with Crippen LogP contribution in [0.1, 0.15) is 24.8 Å². The number of piperazine rings is 1. The lowest BCUT2D eigenvalue weighted by molar-refractivity contribution is 0.107. The summed E-state index contributed by atoms with van der Waals surface area (Å²) >= 11 is 2.38. The monoisotopic (exact) mass is 758 g/mol. The second-order valence-corrected chi connectivity index (χ2v) is 14.4. The average molecular weight is 759 g/mol. The predicted molar refractivity (Wildman–Crippen MR) is 173 cm³/mol. The zero-order valence-corrected chi connectivity index (χ0v) is 27.0. The first kappa shape index (κ1) is 29.5. The summed E-state index contributed by atoms with van der Waals surface area (Å²) in [4.78, 5) is 18.2. The van der Waals surface area contributed by atoms with Crippen molar-refractivity contribution in [2.45, 2.75) is 46.5 Å². The molecule has 1 aliphatic carbocycles. The topological polar surface area (TPSA) is 95.9 Å². The number of anilines is 1. The third-order valence-corrected chi connectivity index (χ3v) is 12.4. The molecule has 2 aromatic carbocycles. The van der Waals surface area contributed by atoms with E-state index in [-0.39, 0.29) is 73.8 Å². The number of benzene rings is 2. The van der Waals surface area contributed by atoms with Gasteiger partial charge in [0.15, 0.2) is 17.5 Å². The highest BCUT2D eigenvalue weighted by Crippen LogP contribution is 2.55. The summed E-state index contributed by atoms with van der Waals surface area (Å²) < 4.78 is 73.7. The largest absolute Gasteiger partial charge is 0.508 e. The number of nitrogens with zero attached hydrogens (tertiary/aromatic N) is 5. The number of pyridine rings is 1. The maximum absolute atomic E-state index is 17.0. The van der Waals surface area contributed by atoms with Crippen molar-refractivity contribution in [2.24, 2.45) is 0 Å². The number of nitrogens with one attached hydrogen (secondary N) is 1. The lowest BCUT2D eigenvalue weighted by Crippen LogP contribution is -2.54. The summed E-state index contributed by atoms with van der Waals surface area (Å²) in [6, 6.07) is 3.31. The van der Waals surface area contributed by atoms with Crippen molar-refractivity contribution in [1.29, 1.82) is 0 Å². The minimum Gasteiger partial charge on any atom is -0.508 e. The first-order valence-corrected chi connectivity index (χ1v) is 16.7. The Kier molecular flexibility index (Phi) is 6.37. The maximum Gasteiger partial charge on any atom is 0.319 e. The van der Waals surface area contributed by atoms with E-state index in [0.29, 0.717) is 31.9 Å². The molecule has 5 aliphatic rings. The van der Waals surface area contributed by atoms with Crippen LogP contribution in [0.3, 0.4) is 0 Å². The number of terminal acetylenes is 1. The molecule has 4 aromatic rings. The quantitative estimate of drug-likeness (QED) is 0.134. The number of hydrogen-bond donors (Lipinski definition) is 2. The molecule has 2 N–H and O–H groups in total. The minimum absolute atomic E-state index is 0.00115. The highest BCUT2D eigenvalue weighted by molar-refractivity contribution is 14.1. The van der Waals surface area contributed by atoms with Gasteiger partial charge in [0, 0.05) is 43.0 Å². The van der Waals surface area contributed by atoms with Crippen LogP contribution in [-0.4, -0.2) is 91.6 Å². The molecule has 0 radical (unpaired) electrons. The van der Waals surface area contributed by atoms with Crippen LogP contribution in [-0.2, 0) is 0 Å². The van der Waals surface area contributed by atoms with E-state index >= 15 is 4.39 Å². The molecule has 1 unspecified atom stereocenters. The van der Waals surface area contributed by atoms with Gasteiger partial charge in [-0.2, -0.15) is 9.97 Å². The van der Waals surface area contributed by atoms with Crippen LogP contribution in [0.2, 0.25) is 0 Å². The number of rotatable bonds is 4. The van der Waals surface area contributed by atoms with Gasteiger partial charge in [0.2, 0.25) is 5.88 Å². The van der Waals surface area contributed by atoms with E-state index in [1.807, 2.05) is 0 Å². The minimum atomic E-state index is -1.28. The summed E-state index contributed by atoms with van der Waals surface area (Å²) in [5.41, 5.74) is -1.95. The molecule has 4 aliphatic heterocycles. The van der Waals surface area contributed by atoms with E-state index in [1.165, 1.54) is 12.1 Å². The van der Waals surface area contributed by atoms with Gasteiger partial charge in [0.05, 0.1) is 15.0 Å². The van der Waals surface area contributed by atoms with Crippen molar-refractivity contribution >= 4 is 50.1 Å². The second kappa shape index (κ2) is 10.2. The molecule has 6 heterocycles. The first-order chi connectivity index (χ1) is 22.6. The molecule has 3 saturated heterocycles. The van der Waals surface area contributed by atoms with Gasteiger partial charge in [-0.15, -0.1) is 6.42 Å². The normalized spacial score (nSPS) is 29.2. The van der Waals surface area contributed by atoms with Gasteiger partial charge in [-0.1, -0.05) is 28.5 Å². The van der Waals surface area contributed by atoms with Gasteiger partial charge in [-0.25, -0.2) is 22.5 Å².